The zero-order valence-corrected chi connectivity index (χ0v) is 44.2. The lowest BCUT2D eigenvalue weighted by Crippen LogP contribution is -2.57. The number of carboxylic acids is 1. The molecule has 1 aliphatic carbocycles. The lowest BCUT2D eigenvalue weighted by Gasteiger charge is -2.28. The van der Waals surface area contributed by atoms with E-state index in [9.17, 15) is 39.0 Å². The molecule has 0 spiro atoms. The quantitative estimate of drug-likeness (QED) is 0.0343. The fraction of sp³-hybridized carbons (Fsp3) is 0.210. The van der Waals surface area contributed by atoms with Crippen LogP contribution in [0.25, 0.3) is 33.4 Å². The fourth-order valence-electron chi connectivity index (χ4n) is 9.54. The minimum atomic E-state index is -2.20. The summed E-state index contributed by atoms with van der Waals surface area (Å²) in [6.45, 7) is 1.78. The minimum absolute atomic E-state index is 0.0618. The summed E-state index contributed by atoms with van der Waals surface area (Å²) in [5.74, 6) is -4.11. The highest BCUT2D eigenvalue weighted by Crippen LogP contribution is 2.43. The van der Waals surface area contributed by atoms with Gasteiger partial charge in [0.1, 0.15) is 55.9 Å². The molecule has 79 heavy (non-hydrogen) atoms. The average Bonchev–Trinajstić information content (AvgIpc) is 3.99. The van der Waals surface area contributed by atoms with Crippen molar-refractivity contribution < 1.29 is 48.1 Å². The monoisotopic (exact) mass is 1060 g/mol. The lowest BCUT2D eigenvalue weighted by molar-refractivity contribution is -0.139. The van der Waals surface area contributed by atoms with Gasteiger partial charge >= 0.3 is 5.97 Å². The normalized spacial score (nSPS) is 14.7. The SMILES string of the molecule is C[C@H](NC(=O)[C@H](Cc1ccc(OCc2ccccc2)cc1)NC(=O)c1ccc(-c2c3ccc(=[N+](C)C)cc-3oc3cc(N(C)C)ccc23)c(C(=O)O)c1)C(=O)N[C@@H](C[C@]1(O)C(=O)Nc2ccccc21)C(=O)NCc1ccccc1. The predicted molar refractivity (Wildman–Crippen MR) is 300 cm³/mol. The van der Waals surface area contributed by atoms with Gasteiger partial charge in [-0.2, -0.15) is 0 Å². The van der Waals surface area contributed by atoms with Crippen molar-refractivity contribution in [3.63, 3.8) is 0 Å². The number of hydrogen-bond donors (Lipinski definition) is 7. The van der Waals surface area contributed by atoms with Crippen LogP contribution in [0.15, 0.2) is 168 Å². The van der Waals surface area contributed by atoms with E-state index in [1.54, 1.807) is 78.9 Å². The molecule has 0 saturated carbocycles. The van der Waals surface area contributed by atoms with E-state index in [0.717, 1.165) is 22.2 Å². The molecule has 9 rings (SSSR count). The molecule has 17 nitrogen and oxygen atoms in total. The number of nitrogens with zero attached hydrogens (tertiary/aromatic N) is 2. The molecule has 2 heterocycles. The van der Waals surface area contributed by atoms with Crippen LogP contribution in [0.3, 0.4) is 0 Å². The van der Waals surface area contributed by atoms with E-state index in [2.05, 4.69) is 26.6 Å². The molecular weight excluding hydrogens is 1000 g/mol. The third-order valence-electron chi connectivity index (χ3n) is 13.9. The second-order valence-corrected chi connectivity index (χ2v) is 19.9. The second-order valence-electron chi connectivity index (χ2n) is 19.9. The van der Waals surface area contributed by atoms with Crippen LogP contribution in [0, 0.1) is 0 Å². The summed E-state index contributed by atoms with van der Waals surface area (Å²) in [6.07, 6.45) is -0.638. The Morgan fingerprint density at radius 3 is 2.09 bits per heavy atom. The summed E-state index contributed by atoms with van der Waals surface area (Å²) in [4.78, 5) is 85.7. The second kappa shape index (κ2) is 23.3. The van der Waals surface area contributed by atoms with Gasteiger partial charge in [-0.15, -0.1) is 0 Å². The van der Waals surface area contributed by atoms with Gasteiger partial charge in [-0.1, -0.05) is 97.1 Å². The van der Waals surface area contributed by atoms with Gasteiger partial charge < -0.3 is 50.9 Å². The molecule has 0 unspecified atom stereocenters. The number of carbonyl (C=O) groups excluding carboxylic acids is 5. The van der Waals surface area contributed by atoms with Crippen molar-refractivity contribution in [2.75, 3.05) is 38.4 Å². The van der Waals surface area contributed by atoms with Crippen molar-refractivity contribution in [3.05, 3.63) is 203 Å². The topological polar surface area (TPSA) is 232 Å². The third kappa shape index (κ3) is 12.2. The Kier molecular flexibility index (Phi) is 16.0. The fourth-order valence-corrected chi connectivity index (χ4v) is 9.54. The van der Waals surface area contributed by atoms with Gasteiger partial charge in [-0.3, -0.25) is 24.0 Å². The zero-order chi connectivity index (χ0) is 56.0. The number of carbonyl (C=O) groups is 6. The Bertz CT molecular complexity index is 3650. The van der Waals surface area contributed by atoms with Crippen LogP contribution in [0.2, 0.25) is 0 Å². The number of benzene rings is 7. The van der Waals surface area contributed by atoms with Crippen LogP contribution in [-0.4, -0.2) is 92.0 Å². The van der Waals surface area contributed by atoms with Crippen LogP contribution >= 0.6 is 0 Å². The van der Waals surface area contributed by atoms with E-state index in [4.69, 9.17) is 9.15 Å². The van der Waals surface area contributed by atoms with Gasteiger partial charge in [-0.05, 0) is 77.7 Å². The van der Waals surface area contributed by atoms with Gasteiger partial charge in [0.2, 0.25) is 23.1 Å². The van der Waals surface area contributed by atoms with Crippen molar-refractivity contribution in [3.8, 4) is 28.2 Å². The van der Waals surface area contributed by atoms with Crippen LogP contribution in [0.5, 0.6) is 5.75 Å². The van der Waals surface area contributed by atoms with E-state index in [-0.39, 0.29) is 29.7 Å². The molecule has 5 amide bonds. The highest BCUT2D eigenvalue weighted by Gasteiger charge is 2.48. The summed E-state index contributed by atoms with van der Waals surface area (Å²) in [6, 6.07) is 43.6. The van der Waals surface area contributed by atoms with E-state index >= 15 is 0 Å². The van der Waals surface area contributed by atoms with Crippen LogP contribution in [0.1, 0.15) is 56.3 Å². The number of fused-ring (bicyclic) bond motifs is 3. The number of hydrogen-bond acceptors (Lipinski definition) is 10. The first kappa shape index (κ1) is 54.2. The number of amides is 5. The molecule has 2 aliphatic heterocycles. The Morgan fingerprint density at radius 2 is 1.39 bits per heavy atom. The Hall–Kier alpha value is -9.61. The average molecular weight is 1060 g/mol. The van der Waals surface area contributed by atoms with Gasteiger partial charge in [0.05, 0.1) is 11.6 Å². The molecule has 0 aromatic heterocycles. The van der Waals surface area contributed by atoms with E-state index in [1.165, 1.54) is 19.1 Å². The molecule has 3 aliphatic rings. The number of carboxylic acid groups (broad SMARTS) is 1. The van der Waals surface area contributed by atoms with Crippen molar-refractivity contribution in [1.82, 2.24) is 25.8 Å². The maximum atomic E-state index is 14.5. The standard InChI is InChI=1S/C62H59N7O10/c1-37(56(70)66-52(58(72)63-35-39-14-8-6-9-15-39)34-62(77)49-18-12-13-19-50(49)67-61(62)76)64-59(73)51(30-38-20-25-44(26-21-38)78-36-40-16-10-7-11-17-40)65-57(71)41-22-27-45(48(31-41)60(74)75)55-46-28-23-42(68(2)3)32-53(46)79-54-33-43(69(4)5)24-29-47(54)55/h6-29,31-33,37,51-52,77H,30,34-36H2,1-5H3,(H5-,63,64,65,66,67,70,71,72,73,74,75,76)/p+1/t37-,51-,52-,62+/m0/s1. The largest absolute Gasteiger partial charge is 0.489 e. The molecule has 402 valence electrons. The number of aliphatic hydroxyl groups is 1. The summed E-state index contributed by atoms with van der Waals surface area (Å²) in [5, 5.41) is 37.8. The molecular formula is C62H60N7O10+. The smallest absolute Gasteiger partial charge is 0.336 e. The number of nitrogens with one attached hydrogen (secondary N) is 5. The first-order chi connectivity index (χ1) is 37.9. The van der Waals surface area contributed by atoms with Crippen LogP contribution in [-0.2, 0) is 44.4 Å². The molecule has 0 fully saturated rings. The van der Waals surface area contributed by atoms with Gasteiger partial charge in [0.15, 0.2) is 5.60 Å². The molecule has 6 aromatic rings. The van der Waals surface area contributed by atoms with Crippen LogP contribution in [0.4, 0.5) is 11.4 Å². The van der Waals surface area contributed by atoms with Gasteiger partial charge in [0.25, 0.3) is 11.8 Å². The predicted octanol–water partition coefficient (Wildman–Crippen LogP) is 6.46. The van der Waals surface area contributed by atoms with E-state index in [1.807, 2.05) is 110 Å². The Labute approximate surface area is 455 Å². The molecule has 0 radical (unpaired) electrons. The number of ether oxygens (including phenoxy) is 1. The maximum absolute atomic E-state index is 14.5. The summed E-state index contributed by atoms with van der Waals surface area (Å²) in [7, 11) is 7.62. The zero-order valence-electron chi connectivity index (χ0n) is 44.2. The number of aromatic carboxylic acids is 1. The summed E-state index contributed by atoms with van der Waals surface area (Å²) < 4.78 is 14.4. The maximum Gasteiger partial charge on any atom is 0.336 e. The van der Waals surface area contributed by atoms with Gasteiger partial charge in [-0.25, -0.2) is 9.37 Å². The van der Waals surface area contributed by atoms with Crippen LogP contribution < -0.4 is 46.2 Å². The highest BCUT2D eigenvalue weighted by atomic mass is 16.5. The number of para-hydroxylation sites is 1. The van der Waals surface area contributed by atoms with E-state index in [0.29, 0.717) is 57.0 Å². The highest BCUT2D eigenvalue weighted by molar-refractivity contribution is 6.10. The Morgan fingerprint density at radius 1 is 0.709 bits per heavy atom. The van der Waals surface area contributed by atoms with Crippen molar-refractivity contribution in [1.29, 1.82) is 0 Å². The minimum Gasteiger partial charge on any atom is -0.489 e. The van der Waals surface area contributed by atoms with Crippen molar-refractivity contribution in [2.45, 2.75) is 56.6 Å². The lowest BCUT2D eigenvalue weighted by atomic mass is 9.88. The first-order valence-corrected chi connectivity index (χ1v) is 25.6. The molecule has 17 heteroatoms. The first-order valence-electron chi connectivity index (χ1n) is 25.6. The molecule has 6 aromatic carbocycles. The van der Waals surface area contributed by atoms with Gasteiger partial charge in [0, 0.05) is 84.6 Å². The number of anilines is 2. The molecule has 0 saturated heterocycles. The number of rotatable bonds is 19. The Balaban J connectivity index is 0.999. The molecule has 4 atom stereocenters. The molecule has 0 bridgehead atoms. The summed E-state index contributed by atoms with van der Waals surface area (Å²) >= 11 is 0. The van der Waals surface area contributed by atoms with Crippen molar-refractivity contribution >= 4 is 57.8 Å². The molecule has 7 N–H and O–H groups in total. The summed E-state index contributed by atoms with van der Waals surface area (Å²) in [5.41, 5.74) is 3.40. The van der Waals surface area contributed by atoms with Crippen molar-refractivity contribution in [2.24, 2.45) is 0 Å². The van der Waals surface area contributed by atoms with E-state index < -0.39 is 65.7 Å². The third-order valence-corrected chi connectivity index (χ3v) is 13.9.